The number of aliphatic hydroxyl groups excluding tert-OH is 1. The van der Waals surface area contributed by atoms with Crippen molar-refractivity contribution in [2.24, 2.45) is 35.5 Å². The normalized spacial score (nSPS) is 31.8. The van der Waals surface area contributed by atoms with Crippen LogP contribution in [0.2, 0.25) is 0 Å². The minimum absolute atomic E-state index is 0.0383. The molecule has 0 aliphatic carbocycles. The molecule has 9 amide bonds. The molecule has 13 atom stereocenters. The van der Waals surface area contributed by atoms with Crippen LogP contribution in [-0.2, 0) is 52.8 Å². The van der Waals surface area contributed by atoms with E-state index in [2.05, 4.69) is 58.1 Å². The zero-order valence-corrected chi connectivity index (χ0v) is 49.4. The maximum absolute atomic E-state index is 14.0. The summed E-state index contributed by atoms with van der Waals surface area (Å²) < 4.78 is 45.2. The number of sulfone groups is 1. The van der Waals surface area contributed by atoms with Gasteiger partial charge in [0.25, 0.3) is 5.91 Å². The number of nitrogen functional groups attached to an aromatic ring is 1. The van der Waals surface area contributed by atoms with E-state index in [-0.39, 0.29) is 102 Å². The zero-order valence-electron chi connectivity index (χ0n) is 45.3. The van der Waals surface area contributed by atoms with E-state index in [0.29, 0.717) is 45.1 Å². The quantitative estimate of drug-likeness (QED) is 0.0604. The van der Waals surface area contributed by atoms with E-state index in [4.69, 9.17) is 24.7 Å². The van der Waals surface area contributed by atoms with Crippen molar-refractivity contribution in [2.45, 2.75) is 101 Å². The highest BCUT2D eigenvalue weighted by atomic mass is 32.2. The molecule has 7 aliphatic rings. The Morgan fingerprint density at radius 2 is 1.32 bits per heavy atom. The van der Waals surface area contributed by atoms with Gasteiger partial charge in [-0.05, 0) is 68.9 Å². The Kier molecular flexibility index (Phi) is 22.4. The molecular weight excluding hydrogens is 1170 g/mol. The molecule has 82 heavy (non-hydrogen) atoms. The molecule has 0 saturated carbocycles. The molecule has 7 saturated heterocycles. The lowest BCUT2D eigenvalue weighted by atomic mass is 9.88. The third-order valence-corrected chi connectivity index (χ3v) is 22.5. The van der Waals surface area contributed by atoms with Crippen LogP contribution in [0.3, 0.4) is 0 Å². The number of ether oxygens (including phenoxy) is 4. The van der Waals surface area contributed by atoms with Crippen LogP contribution in [0.1, 0.15) is 56.3 Å². The summed E-state index contributed by atoms with van der Waals surface area (Å²) in [5, 5.41) is 35.3. The largest absolute Gasteiger partial charge is 0.450 e. The molecule has 13 unspecified atom stereocenters. The summed E-state index contributed by atoms with van der Waals surface area (Å²) in [6.45, 7) is 6.95. The summed E-state index contributed by atoms with van der Waals surface area (Å²) in [5.74, 6) is -6.46. The molecule has 7 aliphatic heterocycles. The van der Waals surface area contributed by atoms with E-state index in [0.717, 1.165) is 19.3 Å². The molecular formula is C49H72N12O16S5. The number of alkyl carbamates (subject to hydrolysis) is 3. The van der Waals surface area contributed by atoms with Gasteiger partial charge in [-0.25, -0.2) is 22.8 Å². The van der Waals surface area contributed by atoms with Crippen LogP contribution in [0.25, 0.3) is 0 Å². The number of anilines is 1. The first-order valence-electron chi connectivity index (χ1n) is 27.1. The van der Waals surface area contributed by atoms with Crippen molar-refractivity contribution in [3.63, 3.8) is 0 Å². The van der Waals surface area contributed by atoms with E-state index in [1.165, 1.54) is 65.2 Å². The molecule has 0 radical (unpaired) electrons. The van der Waals surface area contributed by atoms with Crippen LogP contribution in [0.15, 0.2) is 23.1 Å². The average molecular weight is 1250 g/mol. The van der Waals surface area contributed by atoms with E-state index in [9.17, 15) is 56.7 Å². The van der Waals surface area contributed by atoms with Gasteiger partial charge in [-0.1, -0.05) is 6.92 Å². The molecule has 1 aromatic rings. The number of rotatable bonds is 18. The first-order chi connectivity index (χ1) is 39.2. The van der Waals surface area contributed by atoms with E-state index >= 15 is 0 Å². The van der Waals surface area contributed by atoms with Crippen molar-refractivity contribution >= 4 is 116 Å². The first-order valence-corrected chi connectivity index (χ1v) is 32.9. The van der Waals surface area contributed by atoms with E-state index in [1.807, 2.05) is 6.92 Å². The molecule has 7 heterocycles. The SMILES string of the molecule is CCOC(=O)NC(=O)C1CC(CCOC(=O)NC(=O)C2CC(CCOC(=O)NC(=O)C3CCSC3NC(=O)c3ccc(S(C)(=O)=O)c(N)c3)SC2NC(=O)C2SC3NCNC(O)C3C2C)SC1NC(=O)C1CNC(N2CCOCC2)NC1. The highest BCUT2D eigenvalue weighted by Crippen LogP contribution is 2.46. The molecule has 0 aromatic heterocycles. The molecule has 33 heteroatoms. The number of nitrogens with one attached hydrogen (secondary N) is 10. The zero-order chi connectivity index (χ0) is 58.8. The number of benzene rings is 1. The topological polar surface area (TPSA) is 394 Å². The fraction of sp³-hybridized carbons (Fsp3) is 0.694. The lowest BCUT2D eigenvalue weighted by molar-refractivity contribution is -0.128. The van der Waals surface area contributed by atoms with Gasteiger partial charge in [0.1, 0.15) is 12.5 Å². The monoisotopic (exact) mass is 1240 g/mol. The van der Waals surface area contributed by atoms with Crippen molar-refractivity contribution in [2.75, 3.05) is 83.6 Å². The second-order valence-electron chi connectivity index (χ2n) is 20.8. The molecule has 8 rings (SSSR count). The summed E-state index contributed by atoms with van der Waals surface area (Å²) in [6, 6.07) is 3.77. The van der Waals surface area contributed by atoms with E-state index in [1.54, 1.807) is 6.92 Å². The minimum atomic E-state index is -3.63. The number of nitrogens with two attached hydrogens (primary N) is 1. The number of carbonyl (C=O) groups excluding carboxylic acids is 9. The maximum Gasteiger partial charge on any atom is 0.413 e. The number of fused-ring (bicyclic) bond motifs is 1. The standard InChI is InChI=1S/C49H72N12O16S5/c1-4-75-47(69)59-38(65)29-18-26(79-43(29)56-36(63)25-20-51-46(52-21-25)61-10-14-74-15-11-61)7-13-77-49(71)60-39(66)30-19-27(80-44(30)57-41(68)34-23(2)33-40(67)53-22-54-45(33)81-34)8-12-76-48(70)58-37(64)28-9-16-78-42(28)55-35(62)24-5-6-32(31(50)17-24)82(3,72)73/h5-6,17,23,25-30,33-34,40,42-46,51-54,67H,4,7-16,18-22,50H2,1-3H3,(H,55,62)(H,56,63)(H,57,68)(H,58,64,70)(H,59,65,69)(H,60,66,71). The molecule has 13 N–H and O–H groups in total. The van der Waals surface area contributed by atoms with Crippen LogP contribution in [0.4, 0.5) is 20.1 Å². The van der Waals surface area contributed by atoms with Crippen LogP contribution in [0, 0.1) is 35.5 Å². The lowest BCUT2D eigenvalue weighted by Gasteiger charge is -2.39. The molecule has 0 bridgehead atoms. The molecule has 28 nitrogen and oxygen atoms in total. The second-order valence-corrected chi connectivity index (χ2v) is 28.2. The van der Waals surface area contributed by atoms with Crippen molar-refractivity contribution in [3.8, 4) is 0 Å². The predicted molar refractivity (Wildman–Crippen MR) is 303 cm³/mol. The molecule has 7 fully saturated rings. The summed E-state index contributed by atoms with van der Waals surface area (Å²) in [7, 11) is -3.63. The number of thioether (sulfide) groups is 4. The van der Waals surface area contributed by atoms with Gasteiger partial charge in [-0.2, -0.15) is 0 Å². The number of aliphatic hydroxyl groups is 1. The van der Waals surface area contributed by atoms with E-state index < -0.39 is 108 Å². The Morgan fingerprint density at radius 3 is 1.88 bits per heavy atom. The Hall–Kier alpha value is -4.68. The number of nitrogens with zero attached hydrogens (tertiary/aromatic N) is 1. The summed E-state index contributed by atoms with van der Waals surface area (Å²) in [5.41, 5.74) is 5.87. The minimum Gasteiger partial charge on any atom is -0.450 e. The van der Waals surface area contributed by atoms with Crippen molar-refractivity contribution in [1.29, 1.82) is 0 Å². The van der Waals surface area contributed by atoms with Crippen molar-refractivity contribution in [3.05, 3.63) is 23.8 Å². The number of morpholine rings is 1. The summed E-state index contributed by atoms with van der Waals surface area (Å²) in [6.07, 6.45) is -1.91. The number of carbonyl (C=O) groups is 9. The summed E-state index contributed by atoms with van der Waals surface area (Å²) >= 11 is 5.21. The van der Waals surface area contributed by atoms with Crippen LogP contribution in [0.5, 0.6) is 0 Å². The second kappa shape index (κ2) is 28.9. The van der Waals surface area contributed by atoms with Gasteiger partial charge in [0.05, 0.1) is 94.0 Å². The Bertz CT molecular complexity index is 2650. The van der Waals surface area contributed by atoms with Gasteiger partial charge >= 0.3 is 18.3 Å². The van der Waals surface area contributed by atoms with Gasteiger partial charge in [-0.15, -0.1) is 47.0 Å². The van der Waals surface area contributed by atoms with Crippen LogP contribution >= 0.6 is 47.0 Å². The molecule has 0 spiro atoms. The van der Waals surface area contributed by atoms with Gasteiger partial charge < -0.3 is 45.7 Å². The van der Waals surface area contributed by atoms with Gasteiger partial charge in [0.15, 0.2) is 9.84 Å². The average Bonchev–Trinajstić information content (AvgIpc) is 4.30. The van der Waals surface area contributed by atoms with Gasteiger partial charge in [0, 0.05) is 61.1 Å². The maximum atomic E-state index is 14.0. The number of amides is 9. The number of hydrogen-bond acceptors (Lipinski definition) is 26. The van der Waals surface area contributed by atoms with Crippen LogP contribution in [-0.4, -0.2) is 200 Å². The smallest absolute Gasteiger partial charge is 0.413 e. The third-order valence-electron chi connectivity index (χ3n) is 15.2. The Labute approximate surface area is 491 Å². The lowest BCUT2D eigenvalue weighted by Crippen LogP contribution is -2.64. The number of imide groups is 3. The molecule has 454 valence electrons. The van der Waals surface area contributed by atoms with Crippen LogP contribution < -0.4 is 58.9 Å². The first kappa shape index (κ1) is 63.3. The fourth-order valence-electron chi connectivity index (χ4n) is 10.9. The van der Waals surface area contributed by atoms with Gasteiger partial charge in [0.2, 0.25) is 29.5 Å². The third kappa shape index (κ3) is 16.4. The van der Waals surface area contributed by atoms with Crippen molar-refractivity contribution in [1.82, 2.24) is 58.1 Å². The van der Waals surface area contributed by atoms with Gasteiger partial charge in [-0.3, -0.25) is 70.9 Å². The Balaban J connectivity index is 0.828. The summed E-state index contributed by atoms with van der Waals surface area (Å²) in [4.78, 5) is 122. The predicted octanol–water partition coefficient (Wildman–Crippen LogP) is -1.24. The highest BCUT2D eigenvalue weighted by molar-refractivity contribution is 8.02. The molecule has 1 aromatic carbocycles. The number of hydrogen-bond donors (Lipinski definition) is 12. The Morgan fingerprint density at radius 1 is 0.744 bits per heavy atom. The fourth-order valence-corrected chi connectivity index (χ4v) is 17.9. The van der Waals surface area contributed by atoms with Crippen molar-refractivity contribution < 1.29 is 75.6 Å². The highest BCUT2D eigenvalue weighted by Gasteiger charge is 2.51.